The van der Waals surface area contributed by atoms with Crippen molar-refractivity contribution in [2.45, 2.75) is 26.3 Å². The van der Waals surface area contributed by atoms with Gasteiger partial charge < -0.3 is 15.0 Å². The van der Waals surface area contributed by atoms with Gasteiger partial charge >= 0.3 is 12.1 Å². The van der Waals surface area contributed by atoms with Gasteiger partial charge in [0.05, 0.1) is 5.69 Å². The quantitative estimate of drug-likeness (QED) is 0.871. The molecule has 0 saturated carbocycles. The summed E-state index contributed by atoms with van der Waals surface area (Å²) in [5.74, 6) is 0. The summed E-state index contributed by atoms with van der Waals surface area (Å²) in [6.07, 6.45) is 1.18. The number of H-pyrrole nitrogens is 1. The van der Waals surface area contributed by atoms with E-state index in [2.05, 4.69) is 15.3 Å². The van der Waals surface area contributed by atoms with Gasteiger partial charge in [0, 0.05) is 17.3 Å². The number of imidazole rings is 1. The van der Waals surface area contributed by atoms with Gasteiger partial charge in [0.2, 0.25) is 0 Å². The van der Waals surface area contributed by atoms with Crippen molar-refractivity contribution in [3.05, 3.63) is 36.5 Å². The van der Waals surface area contributed by atoms with Crippen molar-refractivity contribution in [2.24, 2.45) is 0 Å². The standard InChI is InChI=1S/C14H17N3O2/c1-14(2,3)17-13(18)19-12-15-9-11(16-12)10-7-5-4-6-8-10/h4-9H,1-3H3,(H,15,16)(H,17,18). The number of carbonyl (C=O) groups is 1. The fourth-order valence-corrected chi connectivity index (χ4v) is 1.53. The fourth-order valence-electron chi connectivity index (χ4n) is 1.53. The molecule has 19 heavy (non-hydrogen) atoms. The van der Waals surface area contributed by atoms with Crippen molar-refractivity contribution in [3.63, 3.8) is 0 Å². The molecule has 5 heteroatoms. The summed E-state index contributed by atoms with van der Waals surface area (Å²) in [6, 6.07) is 9.85. The van der Waals surface area contributed by atoms with Crippen LogP contribution in [0.25, 0.3) is 11.3 Å². The van der Waals surface area contributed by atoms with E-state index in [-0.39, 0.29) is 11.5 Å². The van der Waals surface area contributed by atoms with E-state index in [1.807, 2.05) is 51.1 Å². The molecule has 0 aliphatic heterocycles. The summed E-state index contributed by atoms with van der Waals surface area (Å²) in [5.41, 5.74) is 1.36. The van der Waals surface area contributed by atoms with Crippen molar-refractivity contribution in [3.8, 4) is 17.3 Å². The lowest BCUT2D eigenvalue weighted by atomic mass is 10.1. The van der Waals surface area contributed by atoms with Crippen LogP contribution in [0.4, 0.5) is 4.79 Å². The van der Waals surface area contributed by atoms with Crippen molar-refractivity contribution in [1.29, 1.82) is 0 Å². The third-order valence-corrected chi connectivity index (χ3v) is 2.29. The second-order valence-corrected chi connectivity index (χ2v) is 5.22. The van der Waals surface area contributed by atoms with Crippen molar-refractivity contribution >= 4 is 6.09 Å². The van der Waals surface area contributed by atoms with Gasteiger partial charge in [-0.25, -0.2) is 4.79 Å². The molecule has 0 unspecified atom stereocenters. The molecule has 1 aromatic carbocycles. The van der Waals surface area contributed by atoms with Crippen LogP contribution in [-0.4, -0.2) is 21.6 Å². The molecule has 0 bridgehead atoms. The lowest BCUT2D eigenvalue weighted by Crippen LogP contribution is -2.42. The van der Waals surface area contributed by atoms with E-state index < -0.39 is 6.09 Å². The summed E-state index contributed by atoms with van der Waals surface area (Å²) in [6.45, 7) is 5.64. The Morgan fingerprint density at radius 2 is 1.95 bits per heavy atom. The van der Waals surface area contributed by atoms with E-state index in [0.717, 1.165) is 11.3 Å². The highest BCUT2D eigenvalue weighted by Crippen LogP contribution is 2.18. The first kappa shape index (κ1) is 13.1. The number of aromatic nitrogens is 2. The van der Waals surface area contributed by atoms with Crippen LogP contribution in [0.5, 0.6) is 6.01 Å². The average Bonchev–Trinajstić information content (AvgIpc) is 2.76. The predicted octanol–water partition coefficient (Wildman–Crippen LogP) is 2.96. The largest absolute Gasteiger partial charge is 0.415 e. The number of carbonyl (C=O) groups excluding carboxylic acids is 1. The number of aromatic amines is 1. The van der Waals surface area contributed by atoms with Gasteiger partial charge in [-0.1, -0.05) is 30.3 Å². The van der Waals surface area contributed by atoms with Crippen LogP contribution >= 0.6 is 0 Å². The summed E-state index contributed by atoms with van der Waals surface area (Å²) in [4.78, 5) is 18.6. The first-order valence-electron chi connectivity index (χ1n) is 6.05. The zero-order valence-electron chi connectivity index (χ0n) is 11.2. The molecule has 0 saturated heterocycles. The highest BCUT2D eigenvalue weighted by Gasteiger charge is 2.16. The van der Waals surface area contributed by atoms with Gasteiger partial charge in [-0.05, 0) is 20.8 Å². The molecular weight excluding hydrogens is 242 g/mol. The van der Waals surface area contributed by atoms with E-state index in [1.165, 1.54) is 0 Å². The van der Waals surface area contributed by atoms with E-state index in [9.17, 15) is 4.79 Å². The summed E-state index contributed by atoms with van der Waals surface area (Å²) >= 11 is 0. The minimum absolute atomic E-state index is 0.181. The van der Waals surface area contributed by atoms with Crippen molar-refractivity contribution in [2.75, 3.05) is 0 Å². The zero-order valence-corrected chi connectivity index (χ0v) is 11.2. The first-order valence-corrected chi connectivity index (χ1v) is 6.05. The Morgan fingerprint density at radius 1 is 1.26 bits per heavy atom. The van der Waals surface area contributed by atoms with Gasteiger partial charge in [0.15, 0.2) is 0 Å². The maximum Gasteiger partial charge on any atom is 0.415 e. The molecule has 0 spiro atoms. The minimum Gasteiger partial charge on any atom is -0.375 e. The number of amides is 1. The van der Waals surface area contributed by atoms with Crippen molar-refractivity contribution in [1.82, 2.24) is 15.3 Å². The number of ether oxygens (including phenoxy) is 1. The lowest BCUT2D eigenvalue weighted by Gasteiger charge is -2.18. The summed E-state index contributed by atoms with van der Waals surface area (Å²) in [5, 5.41) is 2.70. The van der Waals surface area contributed by atoms with E-state index in [4.69, 9.17) is 4.74 Å². The van der Waals surface area contributed by atoms with E-state index in [0.29, 0.717) is 0 Å². The smallest absolute Gasteiger partial charge is 0.375 e. The second-order valence-electron chi connectivity index (χ2n) is 5.22. The molecule has 1 aromatic heterocycles. The number of nitrogens with zero attached hydrogens (tertiary/aromatic N) is 1. The molecular formula is C14H17N3O2. The molecule has 0 fully saturated rings. The fraction of sp³-hybridized carbons (Fsp3) is 0.286. The number of nitrogens with one attached hydrogen (secondary N) is 2. The van der Waals surface area contributed by atoms with Crippen LogP contribution in [-0.2, 0) is 0 Å². The predicted molar refractivity (Wildman–Crippen MR) is 72.9 cm³/mol. The Kier molecular flexibility index (Phi) is 3.55. The average molecular weight is 259 g/mol. The number of rotatable bonds is 2. The maximum absolute atomic E-state index is 11.6. The molecule has 0 aliphatic carbocycles. The Bertz CT molecular complexity index is 556. The third-order valence-electron chi connectivity index (χ3n) is 2.29. The van der Waals surface area contributed by atoms with Crippen molar-refractivity contribution < 1.29 is 9.53 Å². The Labute approximate surface area is 112 Å². The lowest BCUT2D eigenvalue weighted by molar-refractivity contribution is 0.187. The zero-order chi connectivity index (χ0) is 13.9. The SMILES string of the molecule is CC(C)(C)NC(=O)Oc1nc(-c2ccccc2)c[nH]1. The molecule has 2 rings (SSSR count). The van der Waals surface area contributed by atoms with E-state index in [1.54, 1.807) is 6.20 Å². The number of hydrogen-bond acceptors (Lipinski definition) is 3. The van der Waals surface area contributed by atoms with E-state index >= 15 is 0 Å². The molecule has 1 amide bonds. The van der Waals surface area contributed by atoms with Crippen LogP contribution in [0, 0.1) is 0 Å². The third kappa shape index (κ3) is 3.84. The van der Waals surface area contributed by atoms with Crippen LogP contribution in [0.2, 0.25) is 0 Å². The number of hydrogen-bond donors (Lipinski definition) is 2. The van der Waals surface area contributed by atoms with Crippen LogP contribution in [0.3, 0.4) is 0 Å². The number of benzene rings is 1. The van der Waals surface area contributed by atoms with Gasteiger partial charge in [0.25, 0.3) is 0 Å². The molecule has 0 atom stereocenters. The van der Waals surface area contributed by atoms with Gasteiger partial charge in [-0.3, -0.25) is 0 Å². The molecule has 2 N–H and O–H groups in total. The minimum atomic E-state index is -0.526. The maximum atomic E-state index is 11.6. The van der Waals surface area contributed by atoms with Crippen LogP contribution < -0.4 is 10.1 Å². The molecule has 1 heterocycles. The molecule has 0 aliphatic rings. The molecule has 2 aromatic rings. The van der Waals surface area contributed by atoms with Gasteiger partial charge in [-0.2, -0.15) is 4.98 Å². The molecule has 5 nitrogen and oxygen atoms in total. The Morgan fingerprint density at radius 3 is 2.58 bits per heavy atom. The molecule has 0 radical (unpaired) electrons. The van der Waals surface area contributed by atoms with Gasteiger partial charge in [-0.15, -0.1) is 0 Å². The highest BCUT2D eigenvalue weighted by atomic mass is 16.6. The first-order chi connectivity index (χ1) is 8.94. The normalized spacial score (nSPS) is 11.1. The summed E-state index contributed by atoms with van der Waals surface area (Å²) < 4.78 is 5.08. The second kappa shape index (κ2) is 5.14. The highest BCUT2D eigenvalue weighted by molar-refractivity contribution is 5.70. The Hall–Kier alpha value is -2.30. The van der Waals surface area contributed by atoms with Crippen LogP contribution in [0.1, 0.15) is 20.8 Å². The van der Waals surface area contributed by atoms with Gasteiger partial charge in [0.1, 0.15) is 0 Å². The van der Waals surface area contributed by atoms with Crippen LogP contribution in [0.15, 0.2) is 36.5 Å². The molecule has 100 valence electrons. The Balaban J connectivity index is 2.04. The monoisotopic (exact) mass is 259 g/mol. The summed E-state index contributed by atoms with van der Waals surface area (Å²) in [7, 11) is 0. The topological polar surface area (TPSA) is 67.0 Å².